The summed E-state index contributed by atoms with van der Waals surface area (Å²) in [6.45, 7) is 3.91. The molecule has 0 fully saturated rings. The van der Waals surface area contributed by atoms with E-state index < -0.39 is 6.17 Å². The first-order valence-corrected chi connectivity index (χ1v) is 9.49. The summed E-state index contributed by atoms with van der Waals surface area (Å²) in [6.07, 6.45) is -0.419. The van der Waals surface area contributed by atoms with E-state index in [1.165, 1.54) is 18.4 Å². The number of nitrogens with zero attached hydrogens (tertiary/aromatic N) is 2. The van der Waals surface area contributed by atoms with Crippen LogP contribution < -0.4 is 20.1 Å². The number of nitrogens with one attached hydrogen (secondary N) is 2. The highest BCUT2D eigenvalue weighted by atomic mass is 32.1. The van der Waals surface area contributed by atoms with Gasteiger partial charge in [0, 0.05) is 11.1 Å². The van der Waals surface area contributed by atoms with Crippen LogP contribution in [0.25, 0.3) is 10.2 Å². The van der Waals surface area contributed by atoms with Crippen LogP contribution in [-0.4, -0.2) is 24.6 Å². The molecule has 0 saturated heterocycles. The Morgan fingerprint density at radius 2 is 2.07 bits per heavy atom. The number of thiophene rings is 1. The molecule has 0 spiro atoms. The number of fused-ring (bicyclic) bond motifs is 3. The third-order valence-corrected chi connectivity index (χ3v) is 5.65. The Kier molecular flexibility index (Phi) is 4.53. The summed E-state index contributed by atoms with van der Waals surface area (Å²) >= 11 is 1.39. The highest BCUT2D eigenvalue weighted by Gasteiger charge is 2.30. The topological polar surface area (TPSA) is 96.3 Å². The summed E-state index contributed by atoms with van der Waals surface area (Å²) in [4.78, 5) is 18.8. The number of pyridine rings is 1. The summed E-state index contributed by atoms with van der Waals surface area (Å²) < 4.78 is 10.7. The van der Waals surface area contributed by atoms with E-state index in [0.717, 1.165) is 32.7 Å². The van der Waals surface area contributed by atoms with Crippen LogP contribution >= 0.6 is 11.3 Å². The first-order valence-electron chi connectivity index (χ1n) is 8.67. The SMILES string of the molecule is COc1cc([C@@H]2NC(=O)c3sc4nc(C)cc(C)c4c3N2)ccc1OCC#N. The third kappa shape index (κ3) is 3.00. The predicted molar refractivity (Wildman–Crippen MR) is 107 cm³/mol. The molecule has 3 heterocycles. The minimum Gasteiger partial charge on any atom is -0.493 e. The standard InChI is InChI=1S/C20H18N4O3S/c1-10-8-11(2)22-20-15(10)16-17(28-20)19(25)24-18(23-16)12-4-5-13(27-7-6-21)14(9-12)26-3/h4-5,8-9,18,23H,7H2,1-3H3,(H,24,25)/t18-/m0/s1. The Labute approximate surface area is 165 Å². The van der Waals surface area contributed by atoms with Crippen LogP contribution in [0.3, 0.4) is 0 Å². The zero-order valence-corrected chi connectivity index (χ0v) is 16.4. The molecule has 1 atom stereocenters. The molecule has 0 bridgehead atoms. The maximum Gasteiger partial charge on any atom is 0.265 e. The van der Waals surface area contributed by atoms with Gasteiger partial charge < -0.3 is 20.1 Å². The fourth-order valence-electron chi connectivity index (χ4n) is 3.38. The zero-order chi connectivity index (χ0) is 19.8. The molecule has 28 heavy (non-hydrogen) atoms. The monoisotopic (exact) mass is 394 g/mol. The van der Waals surface area contributed by atoms with E-state index in [1.807, 2.05) is 32.0 Å². The number of nitriles is 1. The predicted octanol–water partition coefficient (Wildman–Crippen LogP) is 3.68. The van der Waals surface area contributed by atoms with Gasteiger partial charge in [0.2, 0.25) is 0 Å². The molecule has 2 aromatic heterocycles. The third-order valence-electron chi connectivity index (χ3n) is 4.57. The lowest BCUT2D eigenvalue weighted by atomic mass is 10.1. The van der Waals surface area contributed by atoms with Crippen LogP contribution in [-0.2, 0) is 0 Å². The summed E-state index contributed by atoms with van der Waals surface area (Å²) in [7, 11) is 1.53. The Balaban J connectivity index is 1.73. The van der Waals surface area contributed by atoms with Crippen molar-refractivity contribution in [1.29, 1.82) is 5.26 Å². The molecule has 0 radical (unpaired) electrons. The number of aryl methyl sites for hydroxylation is 2. The molecule has 1 aromatic carbocycles. The number of benzene rings is 1. The zero-order valence-electron chi connectivity index (χ0n) is 15.6. The van der Waals surface area contributed by atoms with Crippen molar-refractivity contribution in [1.82, 2.24) is 10.3 Å². The van der Waals surface area contributed by atoms with Gasteiger partial charge in [-0.3, -0.25) is 4.79 Å². The van der Waals surface area contributed by atoms with Crippen molar-refractivity contribution in [2.24, 2.45) is 0 Å². The fourth-order valence-corrected chi connectivity index (χ4v) is 4.54. The number of rotatable bonds is 4. The van der Waals surface area contributed by atoms with Gasteiger partial charge in [-0.25, -0.2) is 4.98 Å². The number of carbonyl (C=O) groups is 1. The van der Waals surface area contributed by atoms with Crippen molar-refractivity contribution in [3.8, 4) is 17.6 Å². The minimum absolute atomic E-state index is 0.0654. The molecule has 2 N–H and O–H groups in total. The van der Waals surface area contributed by atoms with E-state index in [1.54, 1.807) is 12.1 Å². The smallest absolute Gasteiger partial charge is 0.265 e. The quantitative estimate of drug-likeness (QED) is 0.701. The van der Waals surface area contributed by atoms with E-state index >= 15 is 0 Å². The molecule has 0 aliphatic carbocycles. The molecule has 1 aliphatic heterocycles. The molecular formula is C20H18N4O3S. The average Bonchev–Trinajstić information content (AvgIpc) is 3.05. The Bertz CT molecular complexity index is 1130. The largest absolute Gasteiger partial charge is 0.493 e. The van der Waals surface area contributed by atoms with Crippen molar-refractivity contribution in [3.05, 3.63) is 46.0 Å². The van der Waals surface area contributed by atoms with E-state index in [-0.39, 0.29) is 12.5 Å². The normalized spacial score (nSPS) is 15.4. The highest BCUT2D eigenvalue weighted by molar-refractivity contribution is 7.21. The van der Waals surface area contributed by atoms with Crippen LogP contribution in [0.5, 0.6) is 11.5 Å². The first kappa shape index (κ1) is 18.1. The number of methoxy groups -OCH3 is 1. The van der Waals surface area contributed by atoms with Crippen molar-refractivity contribution >= 4 is 33.1 Å². The number of carbonyl (C=O) groups excluding carboxylic acids is 1. The second kappa shape index (κ2) is 7.02. The lowest BCUT2D eigenvalue weighted by Gasteiger charge is -2.27. The molecule has 1 amide bonds. The first-order chi connectivity index (χ1) is 13.5. The lowest BCUT2D eigenvalue weighted by Crippen LogP contribution is -2.37. The second-order valence-electron chi connectivity index (χ2n) is 6.47. The number of amides is 1. The molecule has 1 aliphatic rings. The summed E-state index contributed by atoms with van der Waals surface area (Å²) in [5, 5.41) is 16.1. The van der Waals surface area contributed by atoms with E-state index in [9.17, 15) is 4.79 Å². The van der Waals surface area contributed by atoms with Gasteiger partial charge in [-0.15, -0.1) is 11.3 Å². The van der Waals surface area contributed by atoms with Crippen LogP contribution in [0.1, 0.15) is 32.7 Å². The summed E-state index contributed by atoms with van der Waals surface area (Å²) in [6, 6.07) is 9.31. The molecule has 3 aromatic rings. The van der Waals surface area contributed by atoms with Crippen LogP contribution in [0.15, 0.2) is 24.3 Å². The van der Waals surface area contributed by atoms with Gasteiger partial charge in [0.05, 0.1) is 12.8 Å². The van der Waals surface area contributed by atoms with Gasteiger partial charge >= 0.3 is 0 Å². The number of ether oxygens (including phenoxy) is 2. The highest BCUT2D eigenvalue weighted by Crippen LogP contribution is 2.41. The number of hydrogen-bond donors (Lipinski definition) is 2. The Morgan fingerprint density at radius 3 is 2.82 bits per heavy atom. The molecule has 142 valence electrons. The molecular weight excluding hydrogens is 376 g/mol. The van der Waals surface area contributed by atoms with Gasteiger partial charge in [0.25, 0.3) is 5.91 Å². The number of anilines is 1. The fraction of sp³-hybridized carbons (Fsp3) is 0.250. The lowest BCUT2D eigenvalue weighted by molar-refractivity contribution is 0.0940. The van der Waals surface area contributed by atoms with Crippen LogP contribution in [0, 0.1) is 25.2 Å². The molecule has 8 heteroatoms. The Morgan fingerprint density at radius 1 is 1.25 bits per heavy atom. The van der Waals surface area contributed by atoms with Crippen molar-refractivity contribution < 1.29 is 14.3 Å². The maximum absolute atomic E-state index is 12.7. The number of aromatic nitrogens is 1. The van der Waals surface area contributed by atoms with E-state index in [0.29, 0.717) is 16.4 Å². The second-order valence-corrected chi connectivity index (χ2v) is 7.47. The van der Waals surface area contributed by atoms with Crippen LogP contribution in [0.2, 0.25) is 0 Å². The van der Waals surface area contributed by atoms with Gasteiger partial charge in [-0.1, -0.05) is 6.07 Å². The number of hydrogen-bond acceptors (Lipinski definition) is 7. The summed E-state index contributed by atoms with van der Waals surface area (Å²) in [5.74, 6) is 0.841. The Hall–Kier alpha value is -3.31. The van der Waals surface area contributed by atoms with Crippen molar-refractivity contribution in [2.75, 3.05) is 19.0 Å². The average molecular weight is 394 g/mol. The van der Waals surface area contributed by atoms with Crippen molar-refractivity contribution in [3.63, 3.8) is 0 Å². The molecule has 4 rings (SSSR count). The van der Waals surface area contributed by atoms with Crippen molar-refractivity contribution in [2.45, 2.75) is 20.0 Å². The minimum atomic E-state index is -0.419. The molecule has 0 unspecified atom stereocenters. The van der Waals surface area contributed by atoms with Crippen LogP contribution in [0.4, 0.5) is 5.69 Å². The van der Waals surface area contributed by atoms with E-state index in [2.05, 4.69) is 15.6 Å². The molecule has 0 saturated carbocycles. The molecule has 7 nitrogen and oxygen atoms in total. The maximum atomic E-state index is 12.7. The van der Waals surface area contributed by atoms with Gasteiger partial charge in [-0.05, 0) is 43.2 Å². The van der Waals surface area contributed by atoms with Gasteiger partial charge in [0.1, 0.15) is 21.9 Å². The summed E-state index contributed by atoms with van der Waals surface area (Å²) in [5.41, 5.74) is 3.64. The van der Waals surface area contributed by atoms with Gasteiger partial charge in [-0.2, -0.15) is 5.26 Å². The van der Waals surface area contributed by atoms with Gasteiger partial charge in [0.15, 0.2) is 18.1 Å². The van der Waals surface area contributed by atoms with E-state index in [4.69, 9.17) is 14.7 Å².